The van der Waals surface area contributed by atoms with Gasteiger partial charge in [-0.1, -0.05) is 54.6 Å². The molecule has 0 amide bonds. The van der Waals surface area contributed by atoms with E-state index in [-0.39, 0.29) is 11.6 Å². The molecule has 3 heteroatoms. The predicted molar refractivity (Wildman–Crippen MR) is 121 cm³/mol. The Kier molecular flexibility index (Phi) is 5.87. The Morgan fingerprint density at radius 1 is 0.742 bits per heavy atom. The van der Waals surface area contributed by atoms with Gasteiger partial charge in [-0.05, 0) is 85.5 Å². The summed E-state index contributed by atoms with van der Waals surface area (Å²) in [5, 5.41) is 0. The standard InChI is InChI=1S/C28H29F2N/c29-23-12-8-21(9-13-23)26-19-25-16-17-27(28(26)22-10-14-24(30)15-11-22)31(25)18-4-7-20-5-2-1-3-6-20/h1-3,5-6,8-15,25-28H,4,7,16-19H2/t25-,26-,27+,28-/m0/s1. The van der Waals surface area contributed by atoms with Crippen molar-refractivity contribution < 1.29 is 8.78 Å². The van der Waals surface area contributed by atoms with Gasteiger partial charge in [-0.25, -0.2) is 8.78 Å². The highest BCUT2D eigenvalue weighted by Gasteiger charge is 2.47. The summed E-state index contributed by atoms with van der Waals surface area (Å²) >= 11 is 0. The van der Waals surface area contributed by atoms with Crippen LogP contribution in [0.3, 0.4) is 0 Å². The average molecular weight is 418 g/mol. The van der Waals surface area contributed by atoms with Gasteiger partial charge in [0.2, 0.25) is 0 Å². The van der Waals surface area contributed by atoms with Gasteiger partial charge in [-0.15, -0.1) is 0 Å². The van der Waals surface area contributed by atoms with E-state index in [1.165, 1.54) is 29.5 Å². The first kappa shape index (κ1) is 20.4. The van der Waals surface area contributed by atoms with Crippen molar-refractivity contribution in [3.8, 4) is 0 Å². The highest BCUT2D eigenvalue weighted by molar-refractivity contribution is 5.33. The lowest BCUT2D eigenvalue weighted by Gasteiger charge is -2.45. The molecule has 0 saturated carbocycles. The van der Waals surface area contributed by atoms with Gasteiger partial charge in [0.25, 0.3) is 0 Å². The zero-order valence-corrected chi connectivity index (χ0v) is 17.8. The molecule has 4 atom stereocenters. The molecule has 2 aliphatic heterocycles. The second kappa shape index (κ2) is 8.92. The fraction of sp³-hybridized carbons (Fsp3) is 0.357. The van der Waals surface area contributed by atoms with E-state index in [4.69, 9.17) is 0 Å². The van der Waals surface area contributed by atoms with E-state index in [9.17, 15) is 8.78 Å². The molecule has 5 rings (SSSR count). The maximum Gasteiger partial charge on any atom is 0.123 e. The summed E-state index contributed by atoms with van der Waals surface area (Å²) in [6, 6.07) is 25.8. The number of benzene rings is 3. The minimum Gasteiger partial charge on any atom is -0.297 e. The van der Waals surface area contributed by atoms with Crippen LogP contribution in [0.25, 0.3) is 0 Å². The molecule has 0 N–H and O–H groups in total. The number of piperidine rings is 1. The number of hydrogen-bond acceptors (Lipinski definition) is 1. The van der Waals surface area contributed by atoms with Crippen LogP contribution in [-0.4, -0.2) is 23.5 Å². The first-order chi connectivity index (χ1) is 15.2. The predicted octanol–water partition coefficient (Wildman–Crippen LogP) is 6.70. The van der Waals surface area contributed by atoms with Gasteiger partial charge in [-0.3, -0.25) is 4.90 Å². The van der Waals surface area contributed by atoms with Crippen molar-refractivity contribution in [2.24, 2.45) is 0 Å². The van der Waals surface area contributed by atoms with Crippen molar-refractivity contribution in [3.63, 3.8) is 0 Å². The number of rotatable bonds is 6. The molecular formula is C28H29F2N. The molecule has 2 saturated heterocycles. The van der Waals surface area contributed by atoms with Crippen LogP contribution in [0.5, 0.6) is 0 Å². The van der Waals surface area contributed by atoms with Gasteiger partial charge in [0.15, 0.2) is 0 Å². The first-order valence-corrected chi connectivity index (χ1v) is 11.5. The van der Waals surface area contributed by atoms with Crippen LogP contribution in [0.15, 0.2) is 78.9 Å². The Labute approximate surface area is 183 Å². The summed E-state index contributed by atoms with van der Waals surface area (Å²) in [7, 11) is 0. The smallest absolute Gasteiger partial charge is 0.123 e. The van der Waals surface area contributed by atoms with Crippen LogP contribution >= 0.6 is 0 Å². The Balaban J connectivity index is 1.40. The summed E-state index contributed by atoms with van der Waals surface area (Å²) in [6.07, 6.45) is 5.71. The number of nitrogens with zero attached hydrogens (tertiary/aromatic N) is 1. The summed E-state index contributed by atoms with van der Waals surface area (Å²) in [6.45, 7) is 1.10. The summed E-state index contributed by atoms with van der Waals surface area (Å²) in [5.74, 6) is 0.265. The minimum atomic E-state index is -0.193. The highest BCUT2D eigenvalue weighted by atomic mass is 19.1. The lowest BCUT2D eigenvalue weighted by Crippen LogP contribution is -2.47. The van der Waals surface area contributed by atoms with Crippen molar-refractivity contribution in [1.29, 1.82) is 0 Å². The Morgan fingerprint density at radius 2 is 1.39 bits per heavy atom. The molecule has 2 heterocycles. The average Bonchev–Trinajstić information content (AvgIpc) is 3.07. The van der Waals surface area contributed by atoms with Crippen LogP contribution in [-0.2, 0) is 6.42 Å². The maximum atomic E-state index is 13.7. The molecule has 31 heavy (non-hydrogen) atoms. The van der Waals surface area contributed by atoms with Gasteiger partial charge in [0.05, 0.1) is 0 Å². The Bertz CT molecular complexity index is 984. The largest absolute Gasteiger partial charge is 0.297 e. The number of hydrogen-bond donors (Lipinski definition) is 0. The van der Waals surface area contributed by atoms with Crippen molar-refractivity contribution in [1.82, 2.24) is 4.90 Å². The van der Waals surface area contributed by atoms with Crippen molar-refractivity contribution >= 4 is 0 Å². The van der Waals surface area contributed by atoms with Crippen molar-refractivity contribution in [2.75, 3.05) is 6.54 Å². The third-order valence-electron chi connectivity index (χ3n) is 7.34. The Hall–Kier alpha value is -2.52. The molecule has 0 spiro atoms. The van der Waals surface area contributed by atoms with Gasteiger partial charge in [0.1, 0.15) is 11.6 Å². The van der Waals surface area contributed by atoms with Crippen LogP contribution in [0.2, 0.25) is 0 Å². The molecule has 2 bridgehead atoms. The Morgan fingerprint density at radius 3 is 2.06 bits per heavy atom. The van der Waals surface area contributed by atoms with Crippen LogP contribution in [0.1, 0.15) is 54.2 Å². The molecular weight excluding hydrogens is 388 g/mol. The van der Waals surface area contributed by atoms with Gasteiger partial charge in [0, 0.05) is 18.0 Å². The maximum absolute atomic E-state index is 13.7. The second-order valence-electron chi connectivity index (χ2n) is 9.10. The molecule has 3 aromatic carbocycles. The molecule has 0 radical (unpaired) electrons. The molecule has 0 unspecified atom stereocenters. The minimum absolute atomic E-state index is 0.191. The molecule has 1 nitrogen and oxygen atoms in total. The quantitative estimate of drug-likeness (QED) is 0.431. The first-order valence-electron chi connectivity index (χ1n) is 11.5. The van der Waals surface area contributed by atoms with Crippen molar-refractivity contribution in [2.45, 2.75) is 56.0 Å². The highest BCUT2D eigenvalue weighted by Crippen LogP contribution is 2.51. The molecule has 2 aliphatic rings. The third-order valence-corrected chi connectivity index (χ3v) is 7.34. The molecule has 2 fully saturated rings. The zero-order valence-electron chi connectivity index (χ0n) is 17.8. The van der Waals surface area contributed by atoms with E-state index in [1.54, 1.807) is 24.3 Å². The van der Waals surface area contributed by atoms with E-state index in [1.807, 2.05) is 24.3 Å². The SMILES string of the molecule is Fc1ccc([C@@H]2[C@H]3CC[C@@H](C[C@H]2c2ccc(F)cc2)N3CCCc2ccccc2)cc1. The number of fused-ring (bicyclic) bond motifs is 2. The van der Waals surface area contributed by atoms with Gasteiger partial charge < -0.3 is 0 Å². The fourth-order valence-electron chi connectivity index (χ4n) is 5.96. The molecule has 0 aromatic heterocycles. The van der Waals surface area contributed by atoms with Crippen LogP contribution in [0, 0.1) is 11.6 Å². The molecule has 3 aromatic rings. The normalized spacial score (nSPS) is 25.6. The van der Waals surface area contributed by atoms with Crippen LogP contribution in [0.4, 0.5) is 8.78 Å². The lowest BCUT2D eigenvalue weighted by atomic mass is 9.72. The van der Waals surface area contributed by atoms with Gasteiger partial charge >= 0.3 is 0 Å². The van der Waals surface area contributed by atoms with Crippen molar-refractivity contribution in [3.05, 3.63) is 107 Å². The van der Waals surface area contributed by atoms with Crippen LogP contribution < -0.4 is 0 Å². The number of halogens is 2. The monoisotopic (exact) mass is 417 g/mol. The van der Waals surface area contributed by atoms with E-state index in [0.717, 1.165) is 25.8 Å². The topological polar surface area (TPSA) is 3.24 Å². The van der Waals surface area contributed by atoms with E-state index < -0.39 is 0 Å². The molecule has 0 aliphatic carbocycles. The zero-order chi connectivity index (χ0) is 21.2. The van der Waals surface area contributed by atoms with Gasteiger partial charge in [-0.2, -0.15) is 0 Å². The fourth-order valence-corrected chi connectivity index (χ4v) is 5.96. The number of aryl methyl sites for hydroxylation is 1. The van der Waals surface area contributed by atoms with E-state index in [2.05, 4.69) is 35.2 Å². The summed E-state index contributed by atoms with van der Waals surface area (Å²) in [5.41, 5.74) is 3.80. The third kappa shape index (κ3) is 4.29. The summed E-state index contributed by atoms with van der Waals surface area (Å²) < 4.78 is 27.2. The van der Waals surface area contributed by atoms with E-state index in [0.29, 0.717) is 23.9 Å². The second-order valence-corrected chi connectivity index (χ2v) is 9.10. The lowest BCUT2D eigenvalue weighted by molar-refractivity contribution is 0.104. The molecule has 160 valence electrons. The summed E-state index contributed by atoms with van der Waals surface area (Å²) in [4.78, 5) is 2.72. The van der Waals surface area contributed by atoms with E-state index >= 15 is 0 Å².